The lowest BCUT2D eigenvalue weighted by molar-refractivity contribution is 0.0146. The number of rotatable bonds is 7. The van der Waals surface area contributed by atoms with Gasteiger partial charge in [0, 0.05) is 30.7 Å². The van der Waals surface area contributed by atoms with Gasteiger partial charge < -0.3 is 14.6 Å². The number of H-pyrrole nitrogens is 1. The van der Waals surface area contributed by atoms with Crippen LogP contribution in [0, 0.1) is 0 Å². The number of ether oxygens (including phenoxy) is 1. The van der Waals surface area contributed by atoms with Gasteiger partial charge in [0.1, 0.15) is 11.8 Å². The summed E-state index contributed by atoms with van der Waals surface area (Å²) in [5, 5.41) is 0. The van der Waals surface area contributed by atoms with Gasteiger partial charge in [0.05, 0.1) is 12.4 Å². The van der Waals surface area contributed by atoms with Gasteiger partial charge in [-0.05, 0) is 77.5 Å². The lowest BCUT2D eigenvalue weighted by Crippen LogP contribution is -2.50. The molecule has 2 aliphatic heterocycles. The molecular formula is C26H37N5O2. The molecular weight excluding hydrogens is 414 g/mol. The Balaban J connectivity index is 1.27. The number of aromatic amines is 1. The van der Waals surface area contributed by atoms with Crippen LogP contribution in [-0.2, 0) is 24.0 Å². The van der Waals surface area contributed by atoms with Crippen molar-refractivity contribution in [2.75, 3.05) is 13.6 Å². The minimum atomic E-state index is -0.480. The van der Waals surface area contributed by atoms with Crippen molar-refractivity contribution in [3.05, 3.63) is 53.6 Å². The predicted octanol–water partition coefficient (Wildman–Crippen LogP) is 4.24. The van der Waals surface area contributed by atoms with Gasteiger partial charge in [-0.25, -0.2) is 9.78 Å². The second-order valence-corrected chi connectivity index (χ2v) is 10.3. The Kier molecular flexibility index (Phi) is 7.17. The van der Waals surface area contributed by atoms with Gasteiger partial charge in [0.2, 0.25) is 0 Å². The summed E-state index contributed by atoms with van der Waals surface area (Å²) >= 11 is 0. The van der Waals surface area contributed by atoms with Gasteiger partial charge in [-0.1, -0.05) is 24.3 Å². The molecule has 3 atom stereocenters. The van der Waals surface area contributed by atoms with Crippen molar-refractivity contribution in [3.63, 3.8) is 0 Å². The van der Waals surface area contributed by atoms with Crippen molar-refractivity contribution in [2.24, 2.45) is 4.99 Å². The first-order chi connectivity index (χ1) is 15.8. The molecule has 0 bridgehead atoms. The fourth-order valence-electron chi connectivity index (χ4n) is 4.78. The second-order valence-electron chi connectivity index (χ2n) is 10.3. The summed E-state index contributed by atoms with van der Waals surface area (Å²) in [6, 6.07) is 9.33. The molecule has 1 N–H and O–H groups in total. The Bertz CT molecular complexity index is 933. The molecule has 1 aromatic carbocycles. The molecule has 7 nitrogen and oxygen atoms in total. The normalized spacial score (nSPS) is 23.4. The summed E-state index contributed by atoms with van der Waals surface area (Å²) in [5.74, 6) is 0. The summed E-state index contributed by atoms with van der Waals surface area (Å²) in [6.45, 7) is 6.49. The third-order valence-electron chi connectivity index (χ3n) is 6.61. The number of aromatic nitrogens is 2. The third kappa shape index (κ3) is 6.02. The van der Waals surface area contributed by atoms with Crippen LogP contribution in [0.3, 0.4) is 0 Å². The number of amides is 1. The van der Waals surface area contributed by atoms with Gasteiger partial charge in [-0.2, -0.15) is 0 Å². The smallest absolute Gasteiger partial charge is 0.410 e. The van der Waals surface area contributed by atoms with Crippen molar-refractivity contribution >= 4 is 12.3 Å². The Morgan fingerprint density at radius 3 is 2.55 bits per heavy atom. The minimum Gasteiger partial charge on any atom is -0.444 e. The average molecular weight is 452 g/mol. The van der Waals surface area contributed by atoms with E-state index >= 15 is 0 Å². The number of carbonyl (C=O) groups excluding carboxylic acids is 1. The number of likely N-dealkylation sites (N-methyl/N-ethyl adjacent to an activating group) is 1. The van der Waals surface area contributed by atoms with Crippen LogP contribution < -0.4 is 0 Å². The van der Waals surface area contributed by atoms with E-state index in [0.29, 0.717) is 0 Å². The fraction of sp³-hybridized carbons (Fsp3) is 0.577. The van der Waals surface area contributed by atoms with E-state index in [1.54, 1.807) is 6.33 Å². The zero-order valence-corrected chi connectivity index (χ0v) is 20.3. The highest BCUT2D eigenvalue weighted by molar-refractivity contribution is 5.70. The number of aryl methyl sites for hydroxylation is 3. The maximum absolute atomic E-state index is 12.7. The molecule has 2 aromatic rings. The number of imidazole rings is 1. The molecule has 0 spiro atoms. The highest BCUT2D eigenvalue weighted by Gasteiger charge is 2.41. The first-order valence-corrected chi connectivity index (χ1v) is 12.1. The summed E-state index contributed by atoms with van der Waals surface area (Å²) in [5.41, 5.74) is 3.38. The van der Waals surface area contributed by atoms with Crippen LogP contribution in [-0.4, -0.2) is 69.5 Å². The van der Waals surface area contributed by atoms with Crippen LogP contribution in [0.15, 0.2) is 41.8 Å². The van der Waals surface area contributed by atoms with Crippen LogP contribution in [0.2, 0.25) is 0 Å². The molecule has 0 radical (unpaired) electrons. The maximum Gasteiger partial charge on any atom is 0.410 e. The number of hydrogen-bond acceptors (Lipinski definition) is 5. The molecule has 0 aliphatic carbocycles. The molecule has 2 aliphatic rings. The van der Waals surface area contributed by atoms with Gasteiger partial charge in [0.15, 0.2) is 0 Å². The Morgan fingerprint density at radius 1 is 1.15 bits per heavy atom. The molecule has 1 amide bonds. The molecule has 4 rings (SSSR count). The molecule has 3 unspecified atom stereocenters. The number of aliphatic imine (C=N–C) groups is 1. The number of benzene rings is 1. The Hall–Kier alpha value is -2.67. The quantitative estimate of drug-likeness (QED) is 0.683. The standard InChI is InChI=1S/C26H37N5O2/c1-26(2,3)33-25(32)31-15-5-6-23(31)24-28-17-22(30(24)4)14-12-20-9-7-19(8-10-20)11-13-21-16-27-18-29-21/h7-10,16-18,22-24H,5-6,11-15H2,1-4H3,(H,27,29). The van der Waals surface area contributed by atoms with E-state index in [4.69, 9.17) is 9.73 Å². The zero-order chi connectivity index (χ0) is 23.4. The highest BCUT2D eigenvalue weighted by atomic mass is 16.6. The van der Waals surface area contributed by atoms with Gasteiger partial charge in [-0.3, -0.25) is 9.89 Å². The van der Waals surface area contributed by atoms with Crippen LogP contribution in [0.4, 0.5) is 4.79 Å². The van der Waals surface area contributed by atoms with E-state index in [2.05, 4.69) is 52.4 Å². The summed E-state index contributed by atoms with van der Waals surface area (Å²) in [6.07, 6.45) is 11.5. The van der Waals surface area contributed by atoms with Crippen LogP contribution in [0.1, 0.15) is 56.9 Å². The van der Waals surface area contributed by atoms with E-state index in [1.807, 2.05) is 31.9 Å². The highest BCUT2D eigenvalue weighted by Crippen LogP contribution is 2.29. The van der Waals surface area contributed by atoms with Gasteiger partial charge in [0.25, 0.3) is 0 Å². The number of nitrogens with one attached hydrogen (secondary N) is 1. The minimum absolute atomic E-state index is 0.00914. The molecule has 33 heavy (non-hydrogen) atoms. The first kappa shape index (κ1) is 23.5. The molecule has 3 heterocycles. The summed E-state index contributed by atoms with van der Waals surface area (Å²) < 4.78 is 5.64. The van der Waals surface area contributed by atoms with Gasteiger partial charge >= 0.3 is 6.09 Å². The number of nitrogens with zero attached hydrogens (tertiary/aromatic N) is 4. The SMILES string of the molecule is CN1C(CCc2ccc(CCc3cnc[nH]3)cc2)C=NC1C1CCCN1C(=O)OC(C)(C)C. The number of likely N-dealkylation sites (tertiary alicyclic amines) is 1. The summed E-state index contributed by atoms with van der Waals surface area (Å²) in [7, 11) is 2.13. The third-order valence-corrected chi connectivity index (χ3v) is 6.61. The lowest BCUT2D eigenvalue weighted by atomic mass is 10.0. The van der Waals surface area contributed by atoms with Crippen molar-refractivity contribution in [2.45, 2.75) is 83.1 Å². The molecule has 178 valence electrons. The fourth-order valence-corrected chi connectivity index (χ4v) is 4.78. The van der Waals surface area contributed by atoms with Crippen molar-refractivity contribution in [1.29, 1.82) is 0 Å². The van der Waals surface area contributed by atoms with Crippen molar-refractivity contribution < 1.29 is 9.53 Å². The maximum atomic E-state index is 12.7. The average Bonchev–Trinajstić information content (AvgIpc) is 3.52. The Morgan fingerprint density at radius 2 is 1.88 bits per heavy atom. The predicted molar refractivity (Wildman–Crippen MR) is 131 cm³/mol. The van der Waals surface area contributed by atoms with Gasteiger partial charge in [-0.15, -0.1) is 0 Å². The number of hydrogen-bond donors (Lipinski definition) is 1. The molecule has 0 saturated carbocycles. The van der Waals surface area contributed by atoms with Crippen LogP contribution >= 0.6 is 0 Å². The first-order valence-electron chi connectivity index (χ1n) is 12.1. The largest absolute Gasteiger partial charge is 0.444 e. The lowest BCUT2D eigenvalue weighted by Gasteiger charge is -2.34. The molecule has 1 fully saturated rings. The topological polar surface area (TPSA) is 73.8 Å². The van der Waals surface area contributed by atoms with E-state index in [0.717, 1.165) is 45.1 Å². The zero-order valence-electron chi connectivity index (χ0n) is 20.3. The van der Waals surface area contributed by atoms with Crippen LogP contribution in [0.5, 0.6) is 0 Å². The van der Waals surface area contributed by atoms with E-state index < -0.39 is 5.60 Å². The second kappa shape index (κ2) is 10.1. The van der Waals surface area contributed by atoms with Crippen LogP contribution in [0.25, 0.3) is 0 Å². The molecule has 1 saturated heterocycles. The number of carbonyl (C=O) groups is 1. The summed E-state index contributed by atoms with van der Waals surface area (Å²) in [4.78, 5) is 29.0. The van der Waals surface area contributed by atoms with E-state index in [9.17, 15) is 4.79 Å². The molecule has 7 heteroatoms. The van der Waals surface area contributed by atoms with E-state index in [1.165, 1.54) is 16.8 Å². The van der Waals surface area contributed by atoms with E-state index in [-0.39, 0.29) is 24.3 Å². The monoisotopic (exact) mass is 451 g/mol. The Labute approximate surface area is 197 Å². The van der Waals surface area contributed by atoms with Crippen molar-refractivity contribution in [1.82, 2.24) is 19.8 Å². The van der Waals surface area contributed by atoms with Crippen molar-refractivity contribution in [3.8, 4) is 0 Å². The molecule has 1 aromatic heterocycles.